The molecule has 0 rings (SSSR count). The maximum atomic E-state index is 4.84. The molecule has 0 aromatic carbocycles. The summed E-state index contributed by atoms with van der Waals surface area (Å²) in [4.78, 5) is 1.89. The van der Waals surface area contributed by atoms with E-state index in [2.05, 4.69) is 25.8 Å². The van der Waals surface area contributed by atoms with Crippen LogP contribution in [-0.2, 0) is 19.5 Å². The van der Waals surface area contributed by atoms with Crippen molar-refractivity contribution < 1.29 is 19.5 Å². The van der Waals surface area contributed by atoms with Crippen molar-refractivity contribution in [1.82, 2.24) is 4.90 Å². The van der Waals surface area contributed by atoms with Crippen LogP contribution in [-0.4, -0.2) is 22.3 Å². The van der Waals surface area contributed by atoms with E-state index in [1.165, 1.54) is 0 Å². The average molecular weight is 239 g/mol. The van der Waals surface area contributed by atoms with Gasteiger partial charge in [0.25, 0.3) is 0 Å². The Kier molecular flexibility index (Phi) is 10.7. The molecule has 0 atom stereocenters. The summed E-state index contributed by atoms with van der Waals surface area (Å²) < 4.78 is 0.583. The molecule has 1 nitrogen and oxygen atoms in total. The second-order valence-corrected chi connectivity index (χ2v) is 2.88. The third-order valence-corrected chi connectivity index (χ3v) is 1.51. The Morgan fingerprint density at radius 3 is 1.91 bits per heavy atom. The van der Waals surface area contributed by atoms with E-state index in [4.69, 9.17) is 12.2 Å². The SMILES string of the molecule is C=CCN(CC=C)C(=S)S.[Zn]. The molecule has 0 bridgehead atoms. The zero-order valence-electron chi connectivity index (χ0n) is 6.49. The van der Waals surface area contributed by atoms with E-state index in [0.717, 1.165) is 13.1 Å². The number of hydrogen-bond acceptors (Lipinski definition) is 1. The molecule has 4 heteroatoms. The molecule has 0 aromatic rings. The second kappa shape index (κ2) is 8.44. The van der Waals surface area contributed by atoms with Crippen LogP contribution in [0.25, 0.3) is 0 Å². The first kappa shape index (κ1) is 13.9. The fourth-order valence-corrected chi connectivity index (χ4v) is 0.855. The molecule has 58 valence electrons. The van der Waals surface area contributed by atoms with Crippen LogP contribution in [0, 0.1) is 0 Å². The van der Waals surface area contributed by atoms with Gasteiger partial charge in [0, 0.05) is 32.6 Å². The van der Waals surface area contributed by atoms with Gasteiger partial charge < -0.3 is 4.90 Å². The molecule has 0 aliphatic carbocycles. The molecular weight excluding hydrogens is 228 g/mol. The van der Waals surface area contributed by atoms with Crippen molar-refractivity contribution in [1.29, 1.82) is 0 Å². The second-order valence-electron chi connectivity index (χ2n) is 1.76. The summed E-state index contributed by atoms with van der Waals surface area (Å²) in [6.07, 6.45) is 3.57. The Bertz CT molecular complexity index is 137. The van der Waals surface area contributed by atoms with Crippen LogP contribution in [0.4, 0.5) is 0 Å². The predicted molar refractivity (Wildman–Crippen MR) is 53.6 cm³/mol. The molecule has 11 heavy (non-hydrogen) atoms. The Balaban J connectivity index is 0. The standard InChI is InChI=1S/C7H11NS2.Zn/c1-3-5-8(6-4-2)7(9)10;/h3-4H,1-2,5-6H2,(H,9,10);. The zero-order chi connectivity index (χ0) is 7.98. The number of hydrogen-bond donors (Lipinski definition) is 1. The number of thiocarbonyl (C=S) groups is 1. The van der Waals surface area contributed by atoms with Gasteiger partial charge in [-0.15, -0.1) is 25.8 Å². The Labute approximate surface area is 91.7 Å². The minimum Gasteiger partial charge on any atom is -0.350 e. The molecular formula is C7H11NS2Zn. The summed E-state index contributed by atoms with van der Waals surface area (Å²) in [6, 6.07) is 0. The van der Waals surface area contributed by atoms with Gasteiger partial charge in [-0.05, 0) is 0 Å². The van der Waals surface area contributed by atoms with Crippen LogP contribution >= 0.6 is 24.8 Å². The Morgan fingerprint density at radius 1 is 1.36 bits per heavy atom. The molecule has 0 saturated carbocycles. The Hall–Kier alpha value is 0.343. The number of rotatable bonds is 4. The first-order chi connectivity index (χ1) is 4.72. The first-order valence-electron chi connectivity index (χ1n) is 2.92. The van der Waals surface area contributed by atoms with Crippen LogP contribution in [0.15, 0.2) is 25.3 Å². The van der Waals surface area contributed by atoms with Gasteiger partial charge in [0.05, 0.1) is 0 Å². The molecule has 0 heterocycles. The molecule has 0 unspecified atom stereocenters. The molecule has 0 aliphatic heterocycles. The van der Waals surface area contributed by atoms with Gasteiger partial charge in [0.1, 0.15) is 4.32 Å². The van der Waals surface area contributed by atoms with Gasteiger partial charge in [-0.3, -0.25) is 0 Å². The fraction of sp³-hybridized carbons (Fsp3) is 0.286. The smallest absolute Gasteiger partial charge is 0.133 e. The molecule has 0 fully saturated rings. The van der Waals surface area contributed by atoms with E-state index in [9.17, 15) is 0 Å². The average Bonchev–Trinajstić information content (AvgIpc) is 1.87. The van der Waals surface area contributed by atoms with E-state index >= 15 is 0 Å². The van der Waals surface area contributed by atoms with Crippen LogP contribution < -0.4 is 0 Å². The van der Waals surface area contributed by atoms with Crippen LogP contribution in [0.3, 0.4) is 0 Å². The number of nitrogens with zero attached hydrogens (tertiary/aromatic N) is 1. The van der Waals surface area contributed by atoms with Gasteiger partial charge in [0.15, 0.2) is 0 Å². The maximum Gasteiger partial charge on any atom is 0.133 e. The molecule has 0 aromatic heterocycles. The number of thiol groups is 1. The van der Waals surface area contributed by atoms with E-state index in [1.807, 2.05) is 4.90 Å². The van der Waals surface area contributed by atoms with Crippen molar-refractivity contribution >= 4 is 29.2 Å². The molecule has 0 radical (unpaired) electrons. The fourth-order valence-electron chi connectivity index (χ4n) is 0.542. The molecule has 0 amide bonds. The van der Waals surface area contributed by atoms with E-state index in [-0.39, 0.29) is 19.5 Å². The van der Waals surface area contributed by atoms with Crippen LogP contribution in [0.1, 0.15) is 0 Å². The van der Waals surface area contributed by atoms with Crippen molar-refractivity contribution in [2.24, 2.45) is 0 Å². The summed E-state index contributed by atoms with van der Waals surface area (Å²) in [5.74, 6) is 0. The van der Waals surface area contributed by atoms with Gasteiger partial charge in [-0.25, -0.2) is 0 Å². The van der Waals surface area contributed by atoms with E-state index in [1.54, 1.807) is 12.2 Å². The van der Waals surface area contributed by atoms with Gasteiger partial charge in [-0.2, -0.15) is 0 Å². The summed E-state index contributed by atoms with van der Waals surface area (Å²) >= 11 is 8.87. The summed E-state index contributed by atoms with van der Waals surface area (Å²) in [5.41, 5.74) is 0. The quantitative estimate of drug-likeness (QED) is 0.345. The topological polar surface area (TPSA) is 3.24 Å². The molecule has 0 saturated heterocycles. The van der Waals surface area contributed by atoms with Gasteiger partial charge >= 0.3 is 0 Å². The van der Waals surface area contributed by atoms with Crippen molar-refractivity contribution in [3.63, 3.8) is 0 Å². The normalized spacial score (nSPS) is 7.73. The monoisotopic (exact) mass is 237 g/mol. The first-order valence-corrected chi connectivity index (χ1v) is 3.77. The molecule has 0 aliphatic rings. The van der Waals surface area contributed by atoms with Crippen molar-refractivity contribution in [3.8, 4) is 0 Å². The van der Waals surface area contributed by atoms with Crippen molar-refractivity contribution in [3.05, 3.63) is 25.3 Å². The van der Waals surface area contributed by atoms with Crippen molar-refractivity contribution in [2.45, 2.75) is 0 Å². The van der Waals surface area contributed by atoms with Gasteiger partial charge in [-0.1, -0.05) is 24.4 Å². The molecule has 0 N–H and O–H groups in total. The minimum atomic E-state index is 0. The third kappa shape index (κ3) is 6.73. The largest absolute Gasteiger partial charge is 0.350 e. The summed E-state index contributed by atoms with van der Waals surface area (Å²) in [7, 11) is 0. The minimum absolute atomic E-state index is 0. The Morgan fingerprint density at radius 2 is 1.73 bits per heavy atom. The van der Waals surface area contributed by atoms with E-state index < -0.39 is 0 Å². The summed E-state index contributed by atoms with van der Waals surface area (Å²) in [5, 5.41) is 0. The predicted octanol–water partition coefficient (Wildman–Crippen LogP) is 1.87. The summed E-state index contributed by atoms with van der Waals surface area (Å²) in [6.45, 7) is 8.65. The third-order valence-electron chi connectivity index (χ3n) is 0.969. The van der Waals surface area contributed by atoms with Crippen molar-refractivity contribution in [2.75, 3.05) is 13.1 Å². The maximum absolute atomic E-state index is 4.84. The van der Waals surface area contributed by atoms with Crippen LogP contribution in [0.5, 0.6) is 0 Å². The zero-order valence-corrected chi connectivity index (χ0v) is 11.2. The van der Waals surface area contributed by atoms with E-state index in [0.29, 0.717) is 4.32 Å². The molecule has 0 spiro atoms. The van der Waals surface area contributed by atoms with Gasteiger partial charge in [0.2, 0.25) is 0 Å². The van der Waals surface area contributed by atoms with Crippen LogP contribution in [0.2, 0.25) is 0 Å².